The average Bonchev–Trinajstić information content (AvgIpc) is 2.46. The van der Waals surface area contributed by atoms with Crippen LogP contribution < -0.4 is 0 Å². The lowest BCUT2D eigenvalue weighted by Crippen LogP contribution is -2.43. The smallest absolute Gasteiger partial charge is 0.166 e. The van der Waals surface area contributed by atoms with Crippen molar-refractivity contribution in [1.82, 2.24) is 0 Å². The van der Waals surface area contributed by atoms with Gasteiger partial charge in [-0.3, -0.25) is 0 Å². The van der Waals surface area contributed by atoms with Crippen molar-refractivity contribution >= 4 is 6.08 Å². The van der Waals surface area contributed by atoms with Gasteiger partial charge in [0.15, 0.2) is 11.6 Å². The van der Waals surface area contributed by atoms with Crippen molar-refractivity contribution in [1.29, 1.82) is 0 Å². The Morgan fingerprint density at radius 2 is 1.71 bits per heavy atom. The molecular formula is C17H17F3O. The molecule has 4 rings (SSSR count). The molecule has 0 saturated heterocycles. The number of hydrogen-bond acceptors (Lipinski definition) is 1. The van der Waals surface area contributed by atoms with Crippen LogP contribution in [-0.2, 0) is 0 Å². The number of fused-ring (bicyclic) bond motifs is 2. The zero-order chi connectivity index (χ0) is 15.3. The molecule has 1 fully saturated rings. The minimum absolute atomic E-state index is 0.160. The largest absolute Gasteiger partial charge is 0.383 e. The Morgan fingerprint density at radius 3 is 2.33 bits per heavy atom. The van der Waals surface area contributed by atoms with E-state index in [0.717, 1.165) is 0 Å². The molecule has 4 heteroatoms. The number of hydrogen-bond donors (Lipinski definition) is 1. The molecule has 3 aliphatic carbocycles. The topological polar surface area (TPSA) is 20.2 Å². The van der Waals surface area contributed by atoms with Crippen molar-refractivity contribution in [3.8, 4) is 0 Å². The molecule has 3 aliphatic rings. The Kier molecular flexibility index (Phi) is 3.24. The summed E-state index contributed by atoms with van der Waals surface area (Å²) in [7, 11) is 0. The highest BCUT2D eigenvalue weighted by atomic mass is 19.2. The first kappa shape index (κ1) is 14.4. The van der Waals surface area contributed by atoms with Gasteiger partial charge in [0, 0.05) is 11.0 Å². The van der Waals surface area contributed by atoms with Crippen molar-refractivity contribution in [2.75, 3.05) is 0 Å². The molecule has 1 aromatic rings. The Morgan fingerprint density at radius 1 is 1.05 bits per heavy atom. The van der Waals surface area contributed by atoms with Gasteiger partial charge in [0.25, 0.3) is 0 Å². The van der Waals surface area contributed by atoms with E-state index in [2.05, 4.69) is 0 Å². The molecule has 1 N–H and O–H groups in total. The maximum absolute atomic E-state index is 13.9. The van der Waals surface area contributed by atoms with Crippen LogP contribution in [0.1, 0.15) is 36.8 Å². The van der Waals surface area contributed by atoms with E-state index in [0.29, 0.717) is 25.7 Å². The van der Waals surface area contributed by atoms with Gasteiger partial charge in [0.05, 0.1) is 0 Å². The summed E-state index contributed by atoms with van der Waals surface area (Å²) in [5.41, 5.74) is -1.39. The zero-order valence-electron chi connectivity index (χ0n) is 11.8. The van der Waals surface area contributed by atoms with E-state index >= 15 is 0 Å². The number of allylic oxidation sites excluding steroid dienone is 2. The van der Waals surface area contributed by atoms with E-state index in [4.69, 9.17) is 0 Å². The van der Waals surface area contributed by atoms with E-state index in [-0.39, 0.29) is 11.1 Å². The first-order valence-electron chi connectivity index (χ1n) is 7.10. The normalized spacial score (nSPS) is 31.8. The summed E-state index contributed by atoms with van der Waals surface area (Å²) in [6.45, 7) is 1.51. The second-order valence-electron chi connectivity index (χ2n) is 6.19. The molecule has 0 aromatic heterocycles. The minimum atomic E-state index is -1.31. The van der Waals surface area contributed by atoms with Crippen LogP contribution in [0.4, 0.5) is 13.2 Å². The van der Waals surface area contributed by atoms with Crippen LogP contribution in [0.25, 0.3) is 6.08 Å². The van der Waals surface area contributed by atoms with Crippen molar-refractivity contribution < 1.29 is 18.3 Å². The molecule has 0 atom stereocenters. The highest BCUT2D eigenvalue weighted by molar-refractivity contribution is 5.53. The third-order valence-corrected chi connectivity index (χ3v) is 4.77. The number of aryl methyl sites for hydroxylation is 1. The standard InChI is InChI=1S/C17H17F3O/c1-11-2-3-12(15(20)14(11)19)4-5-16-6-8-17(21,9-7-16)13(18)10-16/h2-5,10,21H,6-9H2,1H3/b5-4+. The monoisotopic (exact) mass is 294 g/mol. The van der Waals surface area contributed by atoms with Crippen LogP contribution in [0.15, 0.2) is 30.1 Å². The van der Waals surface area contributed by atoms with Crippen molar-refractivity contribution in [2.45, 2.75) is 38.2 Å². The van der Waals surface area contributed by atoms with Gasteiger partial charge in [-0.25, -0.2) is 13.2 Å². The van der Waals surface area contributed by atoms with Gasteiger partial charge in [-0.05, 0) is 44.2 Å². The molecule has 0 spiro atoms. The number of rotatable bonds is 2. The zero-order valence-corrected chi connectivity index (χ0v) is 11.8. The second-order valence-corrected chi connectivity index (χ2v) is 6.19. The van der Waals surface area contributed by atoms with E-state index in [1.807, 2.05) is 0 Å². The SMILES string of the molecule is Cc1ccc(/C=C/C23C=C(F)C(O)(CC2)CC3)c(F)c1F. The van der Waals surface area contributed by atoms with Crippen molar-refractivity contribution in [2.24, 2.45) is 5.41 Å². The summed E-state index contributed by atoms with van der Waals surface area (Å²) >= 11 is 0. The van der Waals surface area contributed by atoms with Crippen LogP contribution in [-0.4, -0.2) is 10.7 Å². The van der Waals surface area contributed by atoms with Crippen molar-refractivity contribution in [3.63, 3.8) is 0 Å². The Bertz CT molecular complexity index is 638. The van der Waals surface area contributed by atoms with E-state index < -0.39 is 28.5 Å². The summed E-state index contributed by atoms with van der Waals surface area (Å²) in [6, 6.07) is 3.04. The first-order valence-corrected chi connectivity index (χ1v) is 7.10. The van der Waals surface area contributed by atoms with Crippen LogP contribution >= 0.6 is 0 Å². The number of halogens is 3. The second kappa shape index (κ2) is 4.73. The molecular weight excluding hydrogens is 277 g/mol. The quantitative estimate of drug-likeness (QED) is 0.854. The molecule has 0 amide bonds. The first-order chi connectivity index (χ1) is 9.85. The lowest BCUT2D eigenvalue weighted by molar-refractivity contribution is -0.0180. The fraction of sp³-hybridized carbons (Fsp3) is 0.412. The van der Waals surface area contributed by atoms with E-state index in [1.54, 1.807) is 6.08 Å². The molecule has 1 aromatic carbocycles. The molecule has 2 bridgehead atoms. The Balaban J connectivity index is 1.93. The minimum Gasteiger partial charge on any atom is -0.383 e. The van der Waals surface area contributed by atoms with Gasteiger partial charge in [0.1, 0.15) is 11.4 Å². The molecule has 21 heavy (non-hydrogen) atoms. The summed E-state index contributed by atoms with van der Waals surface area (Å²) in [5, 5.41) is 10.0. The van der Waals surface area contributed by atoms with Gasteiger partial charge in [-0.15, -0.1) is 0 Å². The number of aliphatic hydroxyl groups is 1. The molecule has 1 nitrogen and oxygen atoms in total. The highest BCUT2D eigenvalue weighted by Crippen LogP contribution is 2.52. The molecule has 0 aliphatic heterocycles. The molecule has 1 saturated carbocycles. The van der Waals surface area contributed by atoms with Gasteiger partial charge >= 0.3 is 0 Å². The van der Waals surface area contributed by atoms with Crippen LogP contribution in [0.3, 0.4) is 0 Å². The lowest BCUT2D eigenvalue weighted by Gasteiger charge is -2.45. The van der Waals surface area contributed by atoms with Gasteiger partial charge in [-0.1, -0.05) is 24.3 Å². The predicted octanol–water partition coefficient (Wildman–Crippen LogP) is 4.44. The average molecular weight is 294 g/mol. The van der Waals surface area contributed by atoms with Gasteiger partial charge < -0.3 is 5.11 Å². The van der Waals surface area contributed by atoms with Crippen molar-refractivity contribution in [3.05, 3.63) is 52.9 Å². The lowest BCUT2D eigenvalue weighted by atomic mass is 9.62. The van der Waals surface area contributed by atoms with E-state index in [9.17, 15) is 18.3 Å². The van der Waals surface area contributed by atoms with Crippen LogP contribution in [0, 0.1) is 24.0 Å². The van der Waals surface area contributed by atoms with Gasteiger partial charge in [-0.2, -0.15) is 0 Å². The van der Waals surface area contributed by atoms with Crippen LogP contribution in [0.2, 0.25) is 0 Å². The molecule has 0 unspecified atom stereocenters. The highest BCUT2D eigenvalue weighted by Gasteiger charge is 2.47. The molecule has 0 radical (unpaired) electrons. The van der Waals surface area contributed by atoms with E-state index in [1.165, 1.54) is 31.2 Å². The molecule has 112 valence electrons. The third-order valence-electron chi connectivity index (χ3n) is 4.77. The summed E-state index contributed by atoms with van der Waals surface area (Å²) < 4.78 is 41.3. The number of benzene rings is 1. The maximum atomic E-state index is 13.9. The maximum Gasteiger partial charge on any atom is 0.166 e. The Labute approximate surface area is 121 Å². The Hall–Kier alpha value is -1.55. The van der Waals surface area contributed by atoms with Gasteiger partial charge in [0.2, 0.25) is 0 Å². The van der Waals surface area contributed by atoms with Crippen LogP contribution in [0.5, 0.6) is 0 Å². The summed E-state index contributed by atoms with van der Waals surface area (Å²) in [4.78, 5) is 0. The predicted molar refractivity (Wildman–Crippen MR) is 75.2 cm³/mol. The molecule has 0 heterocycles. The summed E-state index contributed by atoms with van der Waals surface area (Å²) in [6.07, 6.45) is 6.64. The summed E-state index contributed by atoms with van der Waals surface area (Å²) in [5.74, 6) is -2.23. The fourth-order valence-corrected chi connectivity index (χ4v) is 3.16. The fourth-order valence-electron chi connectivity index (χ4n) is 3.16. The third kappa shape index (κ3) is 2.31.